The molecule has 0 aliphatic heterocycles. The number of anilines is 2. The number of hydrogen-bond donors (Lipinski definition) is 3. The third kappa shape index (κ3) is 6.54. The second kappa shape index (κ2) is 12.8. The Labute approximate surface area is 240 Å². The number of amides is 3. The standard InChI is InChI=1S/C33H24N4O5/c38-30(35-24-14-5-2-6-15-24)26-17-9-10-18-28(26)36-31(39)32(40)37-34-21-27-25-16-8-7-11-22(25)19-20-29(27)42-33(41)23-12-3-1-4-13-23/h1-21H,(H,35,38)(H,36,39)(H,37,40)/b34-21-. The summed E-state index contributed by atoms with van der Waals surface area (Å²) in [7, 11) is 0. The molecule has 0 unspecified atom stereocenters. The summed E-state index contributed by atoms with van der Waals surface area (Å²) in [5.41, 5.74) is 3.90. The lowest BCUT2D eigenvalue weighted by Gasteiger charge is -2.11. The van der Waals surface area contributed by atoms with Crippen LogP contribution in [0.4, 0.5) is 11.4 Å². The van der Waals surface area contributed by atoms with Crippen LogP contribution in [0, 0.1) is 0 Å². The molecule has 5 aromatic carbocycles. The quantitative estimate of drug-likeness (QED) is 0.0814. The lowest BCUT2D eigenvalue weighted by Crippen LogP contribution is -2.33. The molecular formula is C33H24N4O5. The van der Waals surface area contributed by atoms with Crippen molar-refractivity contribution in [3.8, 4) is 5.75 Å². The van der Waals surface area contributed by atoms with Gasteiger partial charge in [-0.15, -0.1) is 0 Å². The summed E-state index contributed by atoms with van der Waals surface area (Å²) < 4.78 is 5.64. The van der Waals surface area contributed by atoms with Crippen LogP contribution in [0.25, 0.3) is 10.8 Å². The number of carbonyl (C=O) groups excluding carboxylic acids is 4. The smallest absolute Gasteiger partial charge is 0.343 e. The minimum Gasteiger partial charge on any atom is -0.422 e. The molecule has 0 saturated heterocycles. The van der Waals surface area contributed by atoms with E-state index in [1.54, 1.807) is 78.9 Å². The van der Waals surface area contributed by atoms with Crippen LogP contribution in [-0.4, -0.2) is 29.9 Å². The van der Waals surface area contributed by atoms with E-state index >= 15 is 0 Å². The molecule has 5 rings (SSSR count). The van der Waals surface area contributed by atoms with Crippen molar-refractivity contribution in [2.75, 3.05) is 10.6 Å². The first-order valence-corrected chi connectivity index (χ1v) is 12.9. The van der Waals surface area contributed by atoms with Crippen LogP contribution < -0.4 is 20.8 Å². The summed E-state index contributed by atoms with van der Waals surface area (Å²) in [4.78, 5) is 50.8. The Hall–Kier alpha value is -6.09. The van der Waals surface area contributed by atoms with E-state index in [4.69, 9.17) is 4.74 Å². The number of nitrogens with zero attached hydrogens (tertiary/aromatic N) is 1. The molecule has 3 N–H and O–H groups in total. The molecule has 0 bridgehead atoms. The van der Waals surface area contributed by atoms with Gasteiger partial charge >= 0.3 is 17.8 Å². The van der Waals surface area contributed by atoms with Crippen molar-refractivity contribution in [3.63, 3.8) is 0 Å². The Kier molecular flexibility index (Phi) is 8.40. The second-order valence-corrected chi connectivity index (χ2v) is 8.97. The first kappa shape index (κ1) is 27.5. The van der Waals surface area contributed by atoms with Gasteiger partial charge in [0.05, 0.1) is 23.0 Å². The average Bonchev–Trinajstić information content (AvgIpc) is 3.03. The monoisotopic (exact) mass is 556 g/mol. The molecule has 0 aliphatic rings. The first-order chi connectivity index (χ1) is 20.5. The summed E-state index contributed by atoms with van der Waals surface area (Å²) in [5, 5.41) is 10.7. The Morgan fingerprint density at radius 1 is 0.643 bits per heavy atom. The summed E-state index contributed by atoms with van der Waals surface area (Å²) in [6.07, 6.45) is 1.31. The summed E-state index contributed by atoms with van der Waals surface area (Å²) in [6, 6.07) is 34.5. The predicted octanol–water partition coefficient (Wildman–Crippen LogP) is 5.40. The maximum absolute atomic E-state index is 12.8. The van der Waals surface area contributed by atoms with E-state index in [0.29, 0.717) is 16.8 Å². The van der Waals surface area contributed by atoms with E-state index < -0.39 is 23.7 Å². The van der Waals surface area contributed by atoms with Crippen molar-refractivity contribution in [3.05, 3.63) is 138 Å². The highest BCUT2D eigenvalue weighted by Gasteiger charge is 2.18. The number of hydrogen-bond acceptors (Lipinski definition) is 6. The number of carbonyl (C=O) groups is 4. The minimum atomic E-state index is -1.06. The fourth-order valence-corrected chi connectivity index (χ4v) is 4.13. The SMILES string of the molecule is O=C(N/N=C\c1c(OC(=O)c2ccccc2)ccc2ccccc12)C(=O)Nc1ccccc1C(=O)Nc1ccccc1. The van der Waals surface area contributed by atoms with E-state index in [9.17, 15) is 19.2 Å². The molecule has 0 fully saturated rings. The summed E-state index contributed by atoms with van der Waals surface area (Å²) in [5.74, 6) is -2.88. The Morgan fingerprint density at radius 3 is 2.10 bits per heavy atom. The number of hydrazone groups is 1. The van der Waals surface area contributed by atoms with Crippen molar-refractivity contribution < 1.29 is 23.9 Å². The number of esters is 1. The van der Waals surface area contributed by atoms with Crippen LogP contribution in [0.3, 0.4) is 0 Å². The molecule has 0 aromatic heterocycles. The largest absolute Gasteiger partial charge is 0.422 e. The van der Waals surface area contributed by atoms with Gasteiger partial charge in [0.1, 0.15) is 5.75 Å². The molecule has 0 aliphatic carbocycles. The van der Waals surface area contributed by atoms with E-state index in [2.05, 4.69) is 21.2 Å². The summed E-state index contributed by atoms with van der Waals surface area (Å²) in [6.45, 7) is 0. The Bertz CT molecular complexity index is 1800. The predicted molar refractivity (Wildman–Crippen MR) is 161 cm³/mol. The van der Waals surface area contributed by atoms with E-state index in [1.165, 1.54) is 18.3 Å². The van der Waals surface area contributed by atoms with E-state index in [1.807, 2.05) is 30.3 Å². The van der Waals surface area contributed by atoms with E-state index in [-0.39, 0.29) is 17.0 Å². The minimum absolute atomic E-state index is 0.152. The van der Waals surface area contributed by atoms with Gasteiger partial charge in [-0.25, -0.2) is 10.2 Å². The molecule has 206 valence electrons. The zero-order valence-electron chi connectivity index (χ0n) is 22.1. The van der Waals surface area contributed by atoms with Gasteiger partial charge in [0.15, 0.2) is 0 Å². The van der Waals surface area contributed by atoms with Gasteiger partial charge in [-0.05, 0) is 53.2 Å². The molecule has 3 amide bonds. The van der Waals surface area contributed by atoms with Crippen LogP contribution in [-0.2, 0) is 9.59 Å². The maximum atomic E-state index is 12.8. The number of benzene rings is 5. The fourth-order valence-electron chi connectivity index (χ4n) is 4.13. The lowest BCUT2D eigenvalue weighted by molar-refractivity contribution is -0.136. The third-order valence-electron chi connectivity index (χ3n) is 6.16. The van der Waals surface area contributed by atoms with Crippen molar-refractivity contribution in [1.82, 2.24) is 5.43 Å². The van der Waals surface area contributed by atoms with Crippen molar-refractivity contribution in [2.24, 2.45) is 5.10 Å². The van der Waals surface area contributed by atoms with Gasteiger partial charge in [-0.3, -0.25) is 14.4 Å². The molecule has 5 aromatic rings. The highest BCUT2D eigenvalue weighted by atomic mass is 16.5. The lowest BCUT2D eigenvalue weighted by atomic mass is 10.0. The molecule has 42 heavy (non-hydrogen) atoms. The zero-order valence-corrected chi connectivity index (χ0v) is 22.1. The van der Waals surface area contributed by atoms with Gasteiger partial charge in [0.2, 0.25) is 0 Å². The normalized spacial score (nSPS) is 10.7. The van der Waals surface area contributed by atoms with Gasteiger partial charge in [0, 0.05) is 11.3 Å². The van der Waals surface area contributed by atoms with Crippen molar-refractivity contribution in [2.45, 2.75) is 0 Å². The van der Waals surface area contributed by atoms with Gasteiger partial charge in [-0.1, -0.05) is 78.9 Å². The van der Waals surface area contributed by atoms with Crippen molar-refractivity contribution in [1.29, 1.82) is 0 Å². The summed E-state index contributed by atoms with van der Waals surface area (Å²) >= 11 is 0. The number of fused-ring (bicyclic) bond motifs is 1. The van der Waals surface area contributed by atoms with Gasteiger partial charge in [0.25, 0.3) is 5.91 Å². The maximum Gasteiger partial charge on any atom is 0.343 e. The molecule has 0 spiro atoms. The van der Waals surface area contributed by atoms with Crippen LogP contribution in [0.1, 0.15) is 26.3 Å². The Morgan fingerprint density at radius 2 is 1.31 bits per heavy atom. The molecule has 0 heterocycles. The number of nitrogens with one attached hydrogen (secondary N) is 3. The second-order valence-electron chi connectivity index (χ2n) is 8.97. The zero-order chi connectivity index (χ0) is 29.3. The van der Waals surface area contributed by atoms with Crippen LogP contribution in [0.15, 0.2) is 126 Å². The molecule has 0 radical (unpaired) electrons. The molecular weight excluding hydrogens is 532 g/mol. The third-order valence-corrected chi connectivity index (χ3v) is 6.16. The van der Waals surface area contributed by atoms with E-state index in [0.717, 1.165) is 10.8 Å². The molecule has 9 nitrogen and oxygen atoms in total. The first-order valence-electron chi connectivity index (χ1n) is 12.9. The Balaban J connectivity index is 1.30. The number of para-hydroxylation sites is 2. The van der Waals surface area contributed by atoms with Crippen LogP contribution in [0.2, 0.25) is 0 Å². The fraction of sp³-hybridized carbons (Fsp3) is 0. The van der Waals surface area contributed by atoms with Crippen LogP contribution >= 0.6 is 0 Å². The molecule has 9 heteroatoms. The van der Waals surface area contributed by atoms with Crippen LogP contribution in [0.5, 0.6) is 5.75 Å². The van der Waals surface area contributed by atoms with Gasteiger partial charge in [-0.2, -0.15) is 5.10 Å². The topological polar surface area (TPSA) is 126 Å². The number of rotatable bonds is 7. The molecule has 0 atom stereocenters. The number of ether oxygens (including phenoxy) is 1. The van der Waals surface area contributed by atoms with Crippen molar-refractivity contribution >= 4 is 52.1 Å². The average molecular weight is 557 g/mol. The highest BCUT2D eigenvalue weighted by molar-refractivity contribution is 6.40. The highest BCUT2D eigenvalue weighted by Crippen LogP contribution is 2.27. The molecule has 0 saturated carbocycles. The van der Waals surface area contributed by atoms with Gasteiger partial charge < -0.3 is 15.4 Å².